The molecule has 0 amide bonds. The van der Waals surface area contributed by atoms with Gasteiger partial charge in [-0.1, -0.05) is 13.8 Å². The van der Waals surface area contributed by atoms with Crippen molar-refractivity contribution in [2.45, 2.75) is 90.5 Å². The van der Waals surface area contributed by atoms with Crippen molar-refractivity contribution in [2.24, 2.45) is 5.41 Å². The Morgan fingerprint density at radius 3 is 2.49 bits per heavy atom. The lowest BCUT2D eigenvalue weighted by Gasteiger charge is -2.59. The van der Waals surface area contributed by atoms with Crippen molar-refractivity contribution in [3.63, 3.8) is 0 Å². The molecule has 9 nitrogen and oxygen atoms in total. The van der Waals surface area contributed by atoms with E-state index >= 15 is 0 Å². The van der Waals surface area contributed by atoms with E-state index in [0.717, 1.165) is 63.0 Å². The molecule has 0 bridgehead atoms. The van der Waals surface area contributed by atoms with Crippen LogP contribution >= 0.6 is 0 Å². The van der Waals surface area contributed by atoms with E-state index in [2.05, 4.69) is 25.2 Å². The first-order valence-corrected chi connectivity index (χ1v) is 16.5. The largest absolute Gasteiger partial charge is 0.490 e. The van der Waals surface area contributed by atoms with Crippen molar-refractivity contribution >= 4 is 12.1 Å². The number of aromatic nitrogens is 3. The number of hydrogen-bond donors (Lipinski definition) is 1. The molecule has 0 unspecified atom stereocenters. The van der Waals surface area contributed by atoms with Crippen LogP contribution in [-0.2, 0) is 13.0 Å². The molecule has 0 radical (unpaired) electrons. The van der Waals surface area contributed by atoms with Crippen molar-refractivity contribution in [1.82, 2.24) is 25.2 Å². The van der Waals surface area contributed by atoms with Crippen LogP contribution in [0.4, 0.5) is 19.0 Å². The molecule has 2 aromatic heterocycles. The van der Waals surface area contributed by atoms with E-state index in [1.54, 1.807) is 6.20 Å². The Balaban J connectivity index is 0.000000283. The summed E-state index contributed by atoms with van der Waals surface area (Å²) in [4.78, 5) is 28.5. The highest BCUT2D eigenvalue weighted by Crippen LogP contribution is 2.52. The number of nitrogens with zero attached hydrogens (tertiary/aromatic N) is 5. The van der Waals surface area contributed by atoms with Gasteiger partial charge in [0.2, 0.25) is 0 Å². The van der Waals surface area contributed by atoms with Crippen LogP contribution in [0.15, 0.2) is 43.0 Å². The molecule has 3 aromatic rings. The topological polar surface area (TPSA) is 92.7 Å². The lowest BCUT2D eigenvalue weighted by atomic mass is 9.61. The van der Waals surface area contributed by atoms with Crippen LogP contribution in [0.3, 0.4) is 0 Å². The molecule has 4 heterocycles. The summed E-state index contributed by atoms with van der Waals surface area (Å²) >= 11 is 0. The molecule has 47 heavy (non-hydrogen) atoms. The first kappa shape index (κ1) is 34.6. The van der Waals surface area contributed by atoms with Crippen LogP contribution in [-0.4, -0.2) is 76.9 Å². The minimum absolute atomic E-state index is 0.0433. The maximum atomic E-state index is 13.5. The summed E-state index contributed by atoms with van der Waals surface area (Å²) in [5.74, 6) is -0.544. The van der Waals surface area contributed by atoms with Crippen molar-refractivity contribution in [2.75, 3.05) is 31.6 Å². The first-order chi connectivity index (χ1) is 22.5. The van der Waals surface area contributed by atoms with E-state index in [9.17, 15) is 18.0 Å². The highest BCUT2D eigenvalue weighted by Gasteiger charge is 2.54. The molecule has 2 aliphatic heterocycles. The van der Waals surface area contributed by atoms with E-state index in [-0.39, 0.29) is 41.7 Å². The molecule has 1 saturated heterocycles. The van der Waals surface area contributed by atoms with Gasteiger partial charge in [-0.3, -0.25) is 9.78 Å². The second-order valence-electron chi connectivity index (χ2n) is 13.0. The molecule has 3 fully saturated rings. The van der Waals surface area contributed by atoms with Crippen LogP contribution in [0.2, 0.25) is 0 Å². The van der Waals surface area contributed by atoms with E-state index in [1.165, 1.54) is 24.0 Å². The lowest BCUT2D eigenvalue weighted by molar-refractivity contribution is -0.124. The molecule has 7 rings (SSSR count). The Morgan fingerprint density at radius 1 is 1.06 bits per heavy atom. The zero-order chi connectivity index (χ0) is 33.8. The van der Waals surface area contributed by atoms with Gasteiger partial charge in [0.1, 0.15) is 29.7 Å². The number of carbonyl (C=O) groups is 1. The first-order valence-electron chi connectivity index (χ1n) is 16.5. The van der Waals surface area contributed by atoms with Crippen LogP contribution in [0, 0.1) is 11.2 Å². The summed E-state index contributed by atoms with van der Waals surface area (Å²) in [7, 11) is 1.91. The number of nitrogens with one attached hydrogen (secondary N) is 1. The number of carbonyl (C=O) groups excluding carboxylic acids is 1. The van der Waals surface area contributed by atoms with Gasteiger partial charge in [-0.25, -0.2) is 23.1 Å². The molecule has 2 aliphatic carbocycles. The van der Waals surface area contributed by atoms with Gasteiger partial charge >= 0.3 is 0 Å². The number of fused-ring (bicyclic) bond motifs is 1. The highest BCUT2D eigenvalue weighted by molar-refractivity contribution is 5.79. The second-order valence-corrected chi connectivity index (χ2v) is 13.0. The molecule has 1 N–H and O–H groups in total. The molecule has 4 aliphatic rings. The van der Waals surface area contributed by atoms with E-state index in [1.807, 2.05) is 51.9 Å². The van der Waals surface area contributed by atoms with Gasteiger partial charge in [0.15, 0.2) is 17.9 Å². The Kier molecular flexibility index (Phi) is 10.7. The van der Waals surface area contributed by atoms with Gasteiger partial charge in [-0.15, -0.1) is 0 Å². The summed E-state index contributed by atoms with van der Waals surface area (Å²) in [5, 5.41) is 3.40. The van der Waals surface area contributed by atoms with Gasteiger partial charge in [0.25, 0.3) is 5.92 Å². The fourth-order valence-electron chi connectivity index (χ4n) is 6.57. The van der Waals surface area contributed by atoms with Crippen molar-refractivity contribution in [1.29, 1.82) is 0 Å². The van der Waals surface area contributed by atoms with Crippen LogP contribution in [0.1, 0.15) is 75.0 Å². The number of hydrogen-bond acceptors (Lipinski definition) is 9. The smallest absolute Gasteiger partial charge is 0.251 e. The number of benzene rings is 1. The third-order valence-corrected chi connectivity index (χ3v) is 9.35. The van der Waals surface area contributed by atoms with E-state index < -0.39 is 11.7 Å². The summed E-state index contributed by atoms with van der Waals surface area (Å²) in [5.41, 5.74) is 2.67. The monoisotopic (exact) mass is 654 g/mol. The Hall–Kier alpha value is -3.77. The normalized spacial score (nSPS) is 19.2. The third kappa shape index (κ3) is 7.86. The number of pyridine rings is 1. The molecular formula is C35H45F3N6O3. The number of anilines is 1. The quantitative estimate of drug-likeness (QED) is 0.275. The van der Waals surface area contributed by atoms with Crippen molar-refractivity contribution in [3.05, 3.63) is 65.6 Å². The predicted molar refractivity (Wildman–Crippen MR) is 174 cm³/mol. The minimum Gasteiger partial charge on any atom is -0.490 e. The van der Waals surface area contributed by atoms with Crippen LogP contribution in [0.25, 0.3) is 0 Å². The molecule has 1 aromatic carbocycles. The maximum absolute atomic E-state index is 13.5. The van der Waals surface area contributed by atoms with Gasteiger partial charge in [0, 0.05) is 80.4 Å². The third-order valence-electron chi connectivity index (χ3n) is 9.35. The zero-order valence-electron chi connectivity index (χ0n) is 27.8. The van der Waals surface area contributed by atoms with Crippen LogP contribution < -0.4 is 19.7 Å². The number of aldehydes is 1. The molecule has 12 heteroatoms. The summed E-state index contributed by atoms with van der Waals surface area (Å²) in [6.45, 7) is 11.5. The number of halogens is 3. The summed E-state index contributed by atoms with van der Waals surface area (Å²) < 4.78 is 50.5. The van der Waals surface area contributed by atoms with Gasteiger partial charge < -0.3 is 24.6 Å². The molecule has 254 valence electrons. The van der Waals surface area contributed by atoms with Crippen molar-refractivity contribution < 1.29 is 27.4 Å². The van der Waals surface area contributed by atoms with Gasteiger partial charge in [-0.05, 0) is 58.0 Å². The van der Waals surface area contributed by atoms with Gasteiger partial charge in [0.05, 0.1) is 11.8 Å². The number of alkyl halides is 2. The zero-order valence-corrected chi connectivity index (χ0v) is 27.8. The summed E-state index contributed by atoms with van der Waals surface area (Å²) in [6.07, 6.45) is 8.66. The van der Waals surface area contributed by atoms with Crippen molar-refractivity contribution in [3.8, 4) is 17.2 Å². The minimum atomic E-state index is -2.38. The standard InChI is InChI=1S/C25H24FN5O3.C8H15F2N.C2H6/c26-17-1-2-21(16(7-17)12-32)34-23-11-28-15-30-24(23)31-13-25(14-31)8-18(9-25)33-22-4-6-29-20-3-5-27-10-19(20)22;1-6(2)11(3)7-4-8(9,10)5-7;1-2/h1-2,4,6-7,11-12,15,18,27H,3,5,8-10,13-14H2;6-7H,4-5H2,1-3H3;1-2H3. The highest BCUT2D eigenvalue weighted by atomic mass is 19.3. The fraction of sp³-hybridized carbons (Fsp3) is 0.543. The number of ether oxygens (including phenoxy) is 2. The average molecular weight is 655 g/mol. The molecule has 1 spiro atoms. The Morgan fingerprint density at radius 2 is 1.81 bits per heavy atom. The molecular weight excluding hydrogens is 609 g/mol. The fourth-order valence-corrected chi connectivity index (χ4v) is 6.57. The average Bonchev–Trinajstić information content (AvgIpc) is 3.02. The summed E-state index contributed by atoms with van der Waals surface area (Å²) in [6, 6.07) is 6.29. The van der Waals surface area contributed by atoms with E-state index in [0.29, 0.717) is 23.9 Å². The maximum Gasteiger partial charge on any atom is 0.251 e. The predicted octanol–water partition coefficient (Wildman–Crippen LogP) is 6.46. The van der Waals surface area contributed by atoms with E-state index in [4.69, 9.17) is 9.47 Å². The SMILES string of the molecule is CC.CC(C)N(C)C1CC(F)(F)C1.O=Cc1cc(F)ccc1Oc1cncnc1N1CC2(CC(Oc3ccnc4c3CNCC4)C2)C1. The second kappa shape index (κ2) is 14.6. The Bertz CT molecular complexity index is 1520. The van der Waals surface area contributed by atoms with Gasteiger partial charge in [-0.2, -0.15) is 0 Å². The molecule has 2 saturated carbocycles. The molecule has 0 atom stereocenters. The number of rotatable bonds is 8. The Labute approximate surface area is 274 Å². The van der Waals surface area contributed by atoms with Crippen LogP contribution in [0.5, 0.6) is 17.2 Å². The lowest BCUT2D eigenvalue weighted by Crippen LogP contribution is -2.65.